The molecule has 0 unspecified atom stereocenters. The van der Waals surface area contributed by atoms with Gasteiger partial charge in [0.25, 0.3) is 0 Å². The van der Waals surface area contributed by atoms with E-state index in [9.17, 15) is 9.59 Å². The van der Waals surface area contributed by atoms with Gasteiger partial charge in [-0.3, -0.25) is 4.79 Å². The van der Waals surface area contributed by atoms with E-state index in [2.05, 4.69) is 10.6 Å². The minimum atomic E-state index is -0.184. The van der Waals surface area contributed by atoms with Crippen molar-refractivity contribution in [3.8, 4) is 11.5 Å². The fourth-order valence-corrected chi connectivity index (χ4v) is 4.44. The molecule has 1 aliphatic heterocycles. The Kier molecular flexibility index (Phi) is 8.44. The first-order chi connectivity index (χ1) is 17.6. The van der Waals surface area contributed by atoms with Crippen LogP contribution in [0.4, 0.5) is 10.5 Å². The number of ether oxygens (including phenoxy) is 2. The number of hydrogen-bond donors (Lipinski definition) is 2. The lowest BCUT2D eigenvalue weighted by atomic mass is 9.93. The van der Waals surface area contributed by atoms with Crippen molar-refractivity contribution in [2.75, 3.05) is 32.6 Å². The highest BCUT2D eigenvalue weighted by atomic mass is 16.5. The molecule has 7 nitrogen and oxygen atoms in total. The predicted molar refractivity (Wildman–Crippen MR) is 140 cm³/mol. The van der Waals surface area contributed by atoms with E-state index in [0.717, 1.165) is 28.3 Å². The first-order valence-corrected chi connectivity index (χ1v) is 12.2. The van der Waals surface area contributed by atoms with Crippen LogP contribution in [0.5, 0.6) is 11.5 Å². The molecule has 1 aliphatic rings. The van der Waals surface area contributed by atoms with E-state index in [4.69, 9.17) is 9.47 Å². The fraction of sp³-hybridized carbons (Fsp3) is 0.310. The number of nitrogens with one attached hydrogen (secondary N) is 2. The van der Waals surface area contributed by atoms with Crippen molar-refractivity contribution in [2.24, 2.45) is 5.92 Å². The van der Waals surface area contributed by atoms with Gasteiger partial charge in [0.05, 0.1) is 20.3 Å². The van der Waals surface area contributed by atoms with Gasteiger partial charge in [0.1, 0.15) is 11.5 Å². The molecular formula is C29H33N3O4. The van der Waals surface area contributed by atoms with Gasteiger partial charge in [0, 0.05) is 24.7 Å². The van der Waals surface area contributed by atoms with Crippen LogP contribution in [0.3, 0.4) is 0 Å². The standard InChI is InChI=1S/C29H33N3O4/c1-35-25-12-8-21(9-13-25)20-27(22-10-14-26(36-2)15-11-22)31-28(33)23-16-18-32(19-17-23)29(34)30-24-6-4-3-5-7-24/h3-15,23,27H,16-20H2,1-2H3,(H,30,34)(H,31,33)/t27-/m1/s1. The van der Waals surface area contributed by atoms with Gasteiger partial charge in [-0.1, -0.05) is 42.5 Å². The highest BCUT2D eigenvalue weighted by Gasteiger charge is 2.29. The van der Waals surface area contributed by atoms with Crippen LogP contribution in [-0.4, -0.2) is 44.1 Å². The van der Waals surface area contributed by atoms with E-state index in [1.165, 1.54) is 0 Å². The number of benzene rings is 3. The molecule has 0 saturated carbocycles. The first kappa shape index (κ1) is 25.1. The Labute approximate surface area is 212 Å². The maximum Gasteiger partial charge on any atom is 0.321 e. The van der Waals surface area contributed by atoms with Crippen LogP contribution in [0.1, 0.15) is 30.0 Å². The molecule has 0 spiro atoms. The highest BCUT2D eigenvalue weighted by molar-refractivity contribution is 5.89. The second-order valence-corrected chi connectivity index (χ2v) is 8.94. The van der Waals surface area contributed by atoms with Gasteiger partial charge in [-0.15, -0.1) is 0 Å². The van der Waals surface area contributed by atoms with Crippen molar-refractivity contribution in [2.45, 2.75) is 25.3 Å². The van der Waals surface area contributed by atoms with Crippen molar-refractivity contribution in [1.29, 1.82) is 0 Å². The van der Waals surface area contributed by atoms with E-state index in [0.29, 0.717) is 32.4 Å². The van der Waals surface area contributed by atoms with Crippen LogP contribution in [0.25, 0.3) is 0 Å². The fourth-order valence-electron chi connectivity index (χ4n) is 4.44. The highest BCUT2D eigenvalue weighted by Crippen LogP contribution is 2.25. The normalized spacial score (nSPS) is 14.6. The van der Waals surface area contributed by atoms with E-state index in [1.807, 2.05) is 78.9 Å². The Hall–Kier alpha value is -4.00. The lowest BCUT2D eigenvalue weighted by Gasteiger charge is -2.32. The predicted octanol–water partition coefficient (Wildman–Crippen LogP) is 5.05. The molecule has 0 aromatic heterocycles. The van der Waals surface area contributed by atoms with Crippen LogP contribution >= 0.6 is 0 Å². The molecule has 3 aromatic rings. The largest absolute Gasteiger partial charge is 0.497 e. The summed E-state index contributed by atoms with van der Waals surface area (Å²) in [5.74, 6) is 1.45. The average Bonchev–Trinajstić information content (AvgIpc) is 2.93. The number of anilines is 1. The molecule has 3 amide bonds. The molecule has 1 atom stereocenters. The molecule has 3 aromatic carbocycles. The summed E-state index contributed by atoms with van der Waals surface area (Å²) in [5, 5.41) is 6.19. The Morgan fingerprint density at radius 2 is 1.44 bits per heavy atom. The summed E-state index contributed by atoms with van der Waals surface area (Å²) < 4.78 is 10.6. The molecule has 0 radical (unpaired) electrons. The van der Waals surface area contributed by atoms with Gasteiger partial charge < -0.3 is 25.0 Å². The number of para-hydroxylation sites is 1. The van der Waals surface area contributed by atoms with Crippen molar-refractivity contribution in [1.82, 2.24) is 10.2 Å². The Bertz CT molecular complexity index is 1130. The Morgan fingerprint density at radius 3 is 2.03 bits per heavy atom. The summed E-state index contributed by atoms with van der Waals surface area (Å²) in [6, 6.07) is 24.8. The molecule has 0 bridgehead atoms. The summed E-state index contributed by atoms with van der Waals surface area (Å²) >= 11 is 0. The van der Waals surface area contributed by atoms with Crippen LogP contribution in [-0.2, 0) is 11.2 Å². The molecule has 0 aliphatic carbocycles. The summed E-state index contributed by atoms with van der Waals surface area (Å²) in [6.07, 6.45) is 1.91. The molecule has 2 N–H and O–H groups in total. The minimum Gasteiger partial charge on any atom is -0.497 e. The molecule has 1 saturated heterocycles. The van der Waals surface area contributed by atoms with Gasteiger partial charge in [-0.05, 0) is 66.8 Å². The van der Waals surface area contributed by atoms with Crippen LogP contribution in [0.2, 0.25) is 0 Å². The monoisotopic (exact) mass is 487 g/mol. The van der Waals surface area contributed by atoms with E-state index < -0.39 is 0 Å². The second-order valence-electron chi connectivity index (χ2n) is 8.94. The molecule has 4 rings (SSSR count). The van der Waals surface area contributed by atoms with E-state index in [-0.39, 0.29) is 23.9 Å². The zero-order chi connectivity index (χ0) is 25.3. The topological polar surface area (TPSA) is 79.9 Å². The molecular weight excluding hydrogens is 454 g/mol. The number of carbonyl (C=O) groups is 2. The molecule has 1 heterocycles. The van der Waals surface area contributed by atoms with Crippen LogP contribution < -0.4 is 20.1 Å². The summed E-state index contributed by atoms with van der Waals surface area (Å²) in [5.41, 5.74) is 2.88. The van der Waals surface area contributed by atoms with Gasteiger partial charge in [0.2, 0.25) is 5.91 Å². The van der Waals surface area contributed by atoms with Crippen molar-refractivity contribution in [3.63, 3.8) is 0 Å². The van der Waals surface area contributed by atoms with Crippen molar-refractivity contribution >= 4 is 17.6 Å². The third kappa shape index (κ3) is 6.56. The SMILES string of the molecule is COc1ccc(C[C@@H](NC(=O)C2CCN(C(=O)Nc3ccccc3)CC2)c2ccc(OC)cc2)cc1. The van der Waals surface area contributed by atoms with Gasteiger partial charge in [-0.25, -0.2) is 4.79 Å². The second kappa shape index (κ2) is 12.1. The van der Waals surface area contributed by atoms with Gasteiger partial charge >= 0.3 is 6.03 Å². The third-order valence-corrected chi connectivity index (χ3v) is 6.61. The number of hydrogen-bond acceptors (Lipinski definition) is 4. The lowest BCUT2D eigenvalue weighted by molar-refractivity contribution is -0.127. The third-order valence-electron chi connectivity index (χ3n) is 6.61. The zero-order valence-electron chi connectivity index (χ0n) is 20.8. The smallest absolute Gasteiger partial charge is 0.321 e. The summed E-state index contributed by atoms with van der Waals surface area (Å²) in [4.78, 5) is 27.7. The van der Waals surface area contributed by atoms with Gasteiger partial charge in [0.15, 0.2) is 0 Å². The number of carbonyl (C=O) groups excluding carboxylic acids is 2. The molecule has 36 heavy (non-hydrogen) atoms. The number of nitrogens with zero attached hydrogens (tertiary/aromatic N) is 1. The number of amides is 3. The molecule has 1 fully saturated rings. The number of piperidine rings is 1. The summed E-state index contributed by atoms with van der Waals surface area (Å²) in [7, 11) is 3.28. The Morgan fingerprint density at radius 1 is 0.861 bits per heavy atom. The molecule has 7 heteroatoms. The summed E-state index contributed by atoms with van der Waals surface area (Å²) in [6.45, 7) is 1.09. The van der Waals surface area contributed by atoms with Crippen LogP contribution in [0, 0.1) is 5.92 Å². The Balaban J connectivity index is 1.38. The first-order valence-electron chi connectivity index (χ1n) is 12.2. The quantitative estimate of drug-likeness (QED) is 0.466. The zero-order valence-corrected chi connectivity index (χ0v) is 20.8. The minimum absolute atomic E-state index is 0.0208. The number of methoxy groups -OCH3 is 2. The average molecular weight is 488 g/mol. The maximum absolute atomic E-state index is 13.3. The van der Waals surface area contributed by atoms with Crippen molar-refractivity contribution < 1.29 is 19.1 Å². The number of likely N-dealkylation sites (tertiary alicyclic amines) is 1. The number of rotatable bonds is 8. The number of urea groups is 1. The maximum atomic E-state index is 13.3. The van der Waals surface area contributed by atoms with E-state index in [1.54, 1.807) is 19.1 Å². The lowest BCUT2D eigenvalue weighted by Crippen LogP contribution is -2.45. The van der Waals surface area contributed by atoms with Gasteiger partial charge in [-0.2, -0.15) is 0 Å². The van der Waals surface area contributed by atoms with Crippen molar-refractivity contribution in [3.05, 3.63) is 90.0 Å². The van der Waals surface area contributed by atoms with Crippen LogP contribution in [0.15, 0.2) is 78.9 Å². The molecule has 188 valence electrons. The van der Waals surface area contributed by atoms with E-state index >= 15 is 0 Å².